The number of hydrogen-bond donors (Lipinski definition) is 2. The summed E-state index contributed by atoms with van der Waals surface area (Å²) in [5, 5.41) is 12.4. The van der Waals surface area contributed by atoms with Gasteiger partial charge in [0.05, 0.1) is 5.92 Å². The van der Waals surface area contributed by atoms with Crippen LogP contribution in [0.5, 0.6) is 0 Å². The SMILES string of the molecule is Cc1c(Cl)cccc1C(=O)NC1CCCC1C(=O)O. The summed E-state index contributed by atoms with van der Waals surface area (Å²) in [6.45, 7) is 1.78. The molecule has 0 bridgehead atoms. The Morgan fingerprint density at radius 1 is 1.37 bits per heavy atom. The maximum absolute atomic E-state index is 12.2. The summed E-state index contributed by atoms with van der Waals surface area (Å²) < 4.78 is 0. The van der Waals surface area contributed by atoms with Crippen molar-refractivity contribution >= 4 is 23.5 Å². The van der Waals surface area contributed by atoms with Gasteiger partial charge in [-0.25, -0.2) is 0 Å². The molecule has 1 aliphatic rings. The molecule has 1 aromatic rings. The quantitative estimate of drug-likeness (QED) is 0.895. The Morgan fingerprint density at radius 3 is 2.79 bits per heavy atom. The summed E-state index contributed by atoms with van der Waals surface area (Å²) in [5.74, 6) is -1.58. The van der Waals surface area contributed by atoms with Gasteiger partial charge in [0.25, 0.3) is 5.91 Å². The van der Waals surface area contributed by atoms with Gasteiger partial charge in [0.1, 0.15) is 0 Å². The number of carboxylic acid groups (broad SMARTS) is 1. The molecule has 2 unspecified atom stereocenters. The lowest BCUT2D eigenvalue weighted by molar-refractivity contribution is -0.142. The fourth-order valence-electron chi connectivity index (χ4n) is 2.53. The van der Waals surface area contributed by atoms with E-state index < -0.39 is 11.9 Å². The summed E-state index contributed by atoms with van der Waals surface area (Å²) >= 11 is 5.98. The molecule has 1 aromatic carbocycles. The van der Waals surface area contributed by atoms with Crippen molar-refractivity contribution in [1.29, 1.82) is 0 Å². The van der Waals surface area contributed by atoms with E-state index in [1.165, 1.54) is 0 Å². The number of carboxylic acids is 1. The molecule has 5 heteroatoms. The van der Waals surface area contributed by atoms with E-state index in [0.717, 1.165) is 6.42 Å². The topological polar surface area (TPSA) is 66.4 Å². The first-order valence-corrected chi connectivity index (χ1v) is 6.67. The van der Waals surface area contributed by atoms with E-state index >= 15 is 0 Å². The number of hydrogen-bond acceptors (Lipinski definition) is 2. The van der Waals surface area contributed by atoms with Crippen molar-refractivity contribution in [2.45, 2.75) is 32.2 Å². The van der Waals surface area contributed by atoms with Gasteiger partial charge in [0.15, 0.2) is 0 Å². The van der Waals surface area contributed by atoms with E-state index in [9.17, 15) is 9.59 Å². The molecule has 1 fully saturated rings. The summed E-state index contributed by atoms with van der Waals surface area (Å²) in [5.41, 5.74) is 1.22. The number of benzene rings is 1. The van der Waals surface area contributed by atoms with Crippen LogP contribution in [0.2, 0.25) is 5.02 Å². The normalized spacial score (nSPS) is 22.2. The molecule has 2 atom stereocenters. The average Bonchev–Trinajstić information content (AvgIpc) is 2.80. The van der Waals surface area contributed by atoms with Gasteiger partial charge in [-0.2, -0.15) is 0 Å². The van der Waals surface area contributed by atoms with Crippen LogP contribution in [0.25, 0.3) is 0 Å². The fraction of sp³-hybridized carbons (Fsp3) is 0.429. The zero-order valence-corrected chi connectivity index (χ0v) is 11.4. The highest BCUT2D eigenvalue weighted by atomic mass is 35.5. The molecular weight excluding hydrogens is 266 g/mol. The van der Waals surface area contributed by atoms with Gasteiger partial charge in [-0.15, -0.1) is 0 Å². The van der Waals surface area contributed by atoms with Gasteiger partial charge in [0.2, 0.25) is 0 Å². The first-order chi connectivity index (χ1) is 9.00. The molecule has 19 heavy (non-hydrogen) atoms. The Hall–Kier alpha value is -1.55. The number of halogens is 1. The Kier molecular flexibility index (Phi) is 4.10. The van der Waals surface area contributed by atoms with E-state index in [1.807, 2.05) is 0 Å². The first-order valence-electron chi connectivity index (χ1n) is 6.29. The van der Waals surface area contributed by atoms with Crippen molar-refractivity contribution in [2.24, 2.45) is 5.92 Å². The Labute approximate surface area is 116 Å². The van der Waals surface area contributed by atoms with Gasteiger partial charge in [-0.3, -0.25) is 9.59 Å². The van der Waals surface area contributed by atoms with Crippen molar-refractivity contribution in [2.75, 3.05) is 0 Å². The molecule has 2 N–H and O–H groups in total. The molecule has 2 rings (SSSR count). The Bertz CT molecular complexity index is 515. The van der Waals surface area contributed by atoms with Crippen LogP contribution in [0.1, 0.15) is 35.2 Å². The zero-order valence-electron chi connectivity index (χ0n) is 10.6. The molecular formula is C14H16ClNO3. The lowest BCUT2D eigenvalue weighted by Gasteiger charge is -2.18. The standard InChI is InChI=1S/C14H16ClNO3/c1-8-9(4-2-6-11(8)15)13(17)16-12-7-3-5-10(12)14(18)19/h2,4,6,10,12H,3,5,7H2,1H3,(H,16,17)(H,18,19). The summed E-state index contributed by atoms with van der Waals surface area (Å²) in [4.78, 5) is 23.3. The lowest BCUT2D eigenvalue weighted by Crippen LogP contribution is -2.40. The van der Waals surface area contributed by atoms with Crippen molar-refractivity contribution in [3.8, 4) is 0 Å². The van der Waals surface area contributed by atoms with Gasteiger partial charge in [-0.1, -0.05) is 24.1 Å². The number of carbonyl (C=O) groups is 2. The van der Waals surface area contributed by atoms with E-state index in [0.29, 0.717) is 29.0 Å². The smallest absolute Gasteiger partial charge is 0.308 e. The lowest BCUT2D eigenvalue weighted by atomic mass is 10.0. The molecule has 102 valence electrons. The monoisotopic (exact) mass is 281 g/mol. The number of aliphatic carboxylic acids is 1. The second-order valence-corrected chi connectivity index (χ2v) is 5.28. The number of carbonyl (C=O) groups excluding carboxylic acids is 1. The Morgan fingerprint density at radius 2 is 2.11 bits per heavy atom. The van der Waals surface area contributed by atoms with Gasteiger partial charge in [-0.05, 0) is 37.5 Å². The van der Waals surface area contributed by atoms with Gasteiger partial charge < -0.3 is 10.4 Å². The largest absolute Gasteiger partial charge is 0.481 e. The van der Waals surface area contributed by atoms with E-state index in [2.05, 4.69) is 5.32 Å². The molecule has 0 radical (unpaired) electrons. The third-order valence-electron chi connectivity index (χ3n) is 3.66. The number of rotatable bonds is 3. The van der Waals surface area contributed by atoms with Crippen LogP contribution in [0.15, 0.2) is 18.2 Å². The van der Waals surface area contributed by atoms with Crippen LogP contribution < -0.4 is 5.32 Å². The van der Waals surface area contributed by atoms with Crippen molar-refractivity contribution < 1.29 is 14.7 Å². The highest BCUT2D eigenvalue weighted by molar-refractivity contribution is 6.31. The summed E-state index contributed by atoms with van der Waals surface area (Å²) in [6, 6.07) is 4.85. The van der Waals surface area contributed by atoms with Gasteiger partial charge >= 0.3 is 5.97 Å². The van der Waals surface area contributed by atoms with Crippen molar-refractivity contribution in [1.82, 2.24) is 5.32 Å². The van der Waals surface area contributed by atoms with E-state index in [-0.39, 0.29) is 11.9 Å². The zero-order chi connectivity index (χ0) is 14.0. The first kappa shape index (κ1) is 13.9. The fourth-order valence-corrected chi connectivity index (χ4v) is 2.70. The maximum atomic E-state index is 12.2. The molecule has 0 aromatic heterocycles. The minimum absolute atomic E-state index is 0.252. The third-order valence-corrected chi connectivity index (χ3v) is 4.07. The molecule has 0 saturated heterocycles. The highest BCUT2D eigenvalue weighted by Crippen LogP contribution is 2.26. The van der Waals surface area contributed by atoms with Gasteiger partial charge in [0, 0.05) is 16.6 Å². The average molecular weight is 282 g/mol. The van der Waals surface area contributed by atoms with Crippen LogP contribution in [-0.2, 0) is 4.79 Å². The molecule has 0 aliphatic heterocycles. The highest BCUT2D eigenvalue weighted by Gasteiger charge is 2.34. The third kappa shape index (κ3) is 2.89. The molecule has 0 spiro atoms. The predicted octanol–water partition coefficient (Wildman–Crippen LogP) is 2.63. The van der Waals surface area contributed by atoms with Crippen LogP contribution in [-0.4, -0.2) is 23.0 Å². The molecule has 1 amide bonds. The minimum atomic E-state index is -0.842. The van der Waals surface area contributed by atoms with E-state index in [1.54, 1.807) is 25.1 Å². The van der Waals surface area contributed by atoms with Crippen molar-refractivity contribution in [3.63, 3.8) is 0 Å². The van der Waals surface area contributed by atoms with Crippen LogP contribution in [0.4, 0.5) is 0 Å². The van der Waals surface area contributed by atoms with Crippen LogP contribution in [0, 0.1) is 12.8 Å². The minimum Gasteiger partial charge on any atom is -0.481 e. The van der Waals surface area contributed by atoms with E-state index in [4.69, 9.17) is 16.7 Å². The van der Waals surface area contributed by atoms with Crippen LogP contribution >= 0.6 is 11.6 Å². The molecule has 0 heterocycles. The summed E-state index contributed by atoms with van der Waals surface area (Å²) in [7, 11) is 0. The van der Waals surface area contributed by atoms with Crippen LogP contribution in [0.3, 0.4) is 0 Å². The maximum Gasteiger partial charge on any atom is 0.308 e. The Balaban J connectivity index is 2.13. The second-order valence-electron chi connectivity index (χ2n) is 4.87. The summed E-state index contributed by atoms with van der Waals surface area (Å²) in [6.07, 6.45) is 2.16. The predicted molar refractivity (Wildman–Crippen MR) is 72.4 cm³/mol. The van der Waals surface area contributed by atoms with Crippen molar-refractivity contribution in [3.05, 3.63) is 34.3 Å². The molecule has 1 saturated carbocycles. The number of amides is 1. The molecule has 1 aliphatic carbocycles. The number of nitrogens with one attached hydrogen (secondary N) is 1. The second kappa shape index (κ2) is 5.61. The molecule has 4 nitrogen and oxygen atoms in total.